The fraction of sp³-hybridized carbons (Fsp3) is 0.429. The molecule has 0 fully saturated rings. The molecule has 0 radical (unpaired) electrons. The number of benzene rings is 1. The molecule has 108 valence electrons. The van der Waals surface area contributed by atoms with Gasteiger partial charge in [0.1, 0.15) is 0 Å². The van der Waals surface area contributed by atoms with E-state index in [9.17, 15) is 4.79 Å². The van der Waals surface area contributed by atoms with Crippen molar-refractivity contribution in [1.82, 2.24) is 5.43 Å². The Balaban J connectivity index is 2.36. The normalized spacial score (nSPS) is 18.2. The van der Waals surface area contributed by atoms with Gasteiger partial charge in [-0.25, -0.2) is 5.43 Å². The first kappa shape index (κ1) is 14.7. The predicted octanol–water partition coefficient (Wildman–Crippen LogP) is 3.03. The lowest BCUT2D eigenvalue weighted by atomic mass is 10.0. The van der Waals surface area contributed by atoms with E-state index in [0.717, 1.165) is 17.7 Å². The third kappa shape index (κ3) is 3.07. The average Bonchev–Trinajstić information content (AvgIpc) is 2.47. The number of ether oxygens (including phenoxy) is 2. The molecule has 1 atom stereocenters. The van der Waals surface area contributed by atoms with E-state index in [-0.39, 0.29) is 10.5 Å². The summed E-state index contributed by atoms with van der Waals surface area (Å²) >= 11 is 1.27. The summed E-state index contributed by atoms with van der Waals surface area (Å²) in [5.74, 6) is 1.38. The van der Waals surface area contributed by atoms with E-state index in [0.29, 0.717) is 18.1 Å². The second-order valence-electron chi connectivity index (χ2n) is 4.21. The molecule has 1 heterocycles. The van der Waals surface area contributed by atoms with Gasteiger partial charge in [-0.05, 0) is 31.5 Å². The summed E-state index contributed by atoms with van der Waals surface area (Å²) in [7, 11) is 1.61. The van der Waals surface area contributed by atoms with Gasteiger partial charge in [0.2, 0.25) is 0 Å². The molecule has 1 aliphatic rings. The lowest BCUT2D eigenvalue weighted by molar-refractivity contribution is 0.260. The van der Waals surface area contributed by atoms with E-state index < -0.39 is 0 Å². The highest BCUT2D eigenvalue weighted by Gasteiger charge is 2.25. The number of carbonyl (C=O) groups excluding carboxylic acids is 1. The highest BCUT2D eigenvalue weighted by atomic mass is 32.2. The maximum Gasteiger partial charge on any atom is 0.299 e. The summed E-state index contributed by atoms with van der Waals surface area (Å²) in [6.07, 6.45) is 0.840. The van der Waals surface area contributed by atoms with Crippen molar-refractivity contribution in [1.29, 1.82) is 0 Å². The number of nitrogens with zero attached hydrogens (tertiary/aromatic N) is 1. The van der Waals surface area contributed by atoms with Crippen LogP contribution < -0.4 is 14.9 Å². The van der Waals surface area contributed by atoms with Crippen LogP contribution in [0.2, 0.25) is 0 Å². The van der Waals surface area contributed by atoms with Crippen molar-refractivity contribution >= 4 is 22.7 Å². The highest BCUT2D eigenvalue weighted by molar-refractivity contribution is 8.14. The summed E-state index contributed by atoms with van der Waals surface area (Å²) in [4.78, 5) is 11.4. The fourth-order valence-electron chi connectivity index (χ4n) is 2.02. The average molecular weight is 294 g/mol. The minimum Gasteiger partial charge on any atom is -0.493 e. The van der Waals surface area contributed by atoms with E-state index in [4.69, 9.17) is 9.47 Å². The number of methoxy groups -OCH3 is 1. The molecule has 5 nitrogen and oxygen atoms in total. The molecule has 1 N–H and O–H groups in total. The summed E-state index contributed by atoms with van der Waals surface area (Å²) in [6, 6.07) is 5.69. The van der Waals surface area contributed by atoms with Crippen LogP contribution in [-0.2, 0) is 0 Å². The van der Waals surface area contributed by atoms with Crippen LogP contribution in [0.1, 0.15) is 25.8 Å². The second-order valence-corrected chi connectivity index (χ2v) is 5.39. The monoisotopic (exact) mass is 294 g/mol. The van der Waals surface area contributed by atoms with E-state index in [1.54, 1.807) is 7.11 Å². The van der Waals surface area contributed by atoms with Gasteiger partial charge in [-0.15, -0.1) is 0 Å². The van der Waals surface area contributed by atoms with Crippen molar-refractivity contribution in [2.45, 2.75) is 25.5 Å². The Morgan fingerprint density at radius 3 is 2.80 bits per heavy atom. The Bertz CT molecular complexity index is 531. The van der Waals surface area contributed by atoms with Crippen molar-refractivity contribution < 1.29 is 14.3 Å². The lowest BCUT2D eigenvalue weighted by Crippen LogP contribution is -2.31. The van der Waals surface area contributed by atoms with E-state index in [2.05, 4.69) is 10.5 Å². The summed E-state index contributed by atoms with van der Waals surface area (Å²) < 4.78 is 10.8. The molecule has 20 heavy (non-hydrogen) atoms. The molecule has 2 rings (SSSR count). The van der Waals surface area contributed by atoms with Gasteiger partial charge in [0.25, 0.3) is 5.24 Å². The Labute approximate surface area is 122 Å². The molecule has 1 aliphatic heterocycles. The van der Waals surface area contributed by atoms with E-state index >= 15 is 0 Å². The van der Waals surface area contributed by atoms with Crippen molar-refractivity contribution in [3.63, 3.8) is 0 Å². The van der Waals surface area contributed by atoms with Crippen molar-refractivity contribution in [3.8, 4) is 11.5 Å². The number of rotatable bonds is 5. The highest BCUT2D eigenvalue weighted by Crippen LogP contribution is 2.31. The minimum atomic E-state index is -0.112. The first-order valence-corrected chi connectivity index (χ1v) is 7.43. The third-order valence-electron chi connectivity index (χ3n) is 2.95. The summed E-state index contributed by atoms with van der Waals surface area (Å²) in [5.41, 5.74) is 4.32. The fourth-order valence-corrected chi connectivity index (χ4v) is 2.84. The van der Waals surface area contributed by atoms with Crippen LogP contribution in [0.15, 0.2) is 23.3 Å². The molecular formula is C14H18N2O3S. The van der Waals surface area contributed by atoms with Gasteiger partial charge in [0, 0.05) is 5.56 Å². The number of amides is 1. The van der Waals surface area contributed by atoms with Crippen LogP contribution in [0, 0.1) is 0 Å². The van der Waals surface area contributed by atoms with Crippen molar-refractivity contribution in [2.24, 2.45) is 5.10 Å². The molecule has 0 aromatic heterocycles. The van der Waals surface area contributed by atoms with Gasteiger partial charge < -0.3 is 9.47 Å². The van der Waals surface area contributed by atoms with Crippen LogP contribution in [0.4, 0.5) is 4.79 Å². The molecule has 0 aliphatic carbocycles. The zero-order chi connectivity index (χ0) is 14.5. The summed E-state index contributed by atoms with van der Waals surface area (Å²) in [6.45, 7) is 4.53. The quantitative estimate of drug-likeness (QED) is 0.906. The Kier molecular flexibility index (Phi) is 4.89. The molecular weight excluding hydrogens is 276 g/mol. The molecule has 0 bridgehead atoms. The zero-order valence-electron chi connectivity index (χ0n) is 11.8. The molecule has 1 amide bonds. The molecule has 1 unspecified atom stereocenters. The van der Waals surface area contributed by atoms with Crippen molar-refractivity contribution in [3.05, 3.63) is 23.8 Å². The standard InChI is InChI=1S/C14H18N2O3S/c1-4-12-13(15-16-14(17)20-12)9-6-7-10(18-3)11(8-9)19-5-2/h6-8,12H,4-5H2,1-3H3,(H,16,17). The lowest BCUT2D eigenvalue weighted by Gasteiger charge is -2.21. The molecule has 0 saturated carbocycles. The van der Waals surface area contributed by atoms with Crippen LogP contribution in [0.3, 0.4) is 0 Å². The number of thioether (sulfide) groups is 1. The van der Waals surface area contributed by atoms with Gasteiger partial charge in [-0.1, -0.05) is 18.7 Å². The minimum absolute atomic E-state index is 0.0617. The SMILES string of the molecule is CCOc1cc(C2=NNC(=O)SC2CC)ccc1OC. The maximum absolute atomic E-state index is 11.4. The maximum atomic E-state index is 11.4. The van der Waals surface area contributed by atoms with Gasteiger partial charge >= 0.3 is 0 Å². The summed E-state index contributed by atoms with van der Waals surface area (Å²) in [5, 5.41) is 4.14. The van der Waals surface area contributed by atoms with Gasteiger partial charge in [-0.3, -0.25) is 4.79 Å². The molecule has 0 saturated heterocycles. The van der Waals surface area contributed by atoms with Crippen LogP contribution in [0.5, 0.6) is 11.5 Å². The zero-order valence-corrected chi connectivity index (χ0v) is 12.6. The molecule has 6 heteroatoms. The number of nitrogens with one attached hydrogen (secondary N) is 1. The smallest absolute Gasteiger partial charge is 0.299 e. The molecule has 1 aromatic carbocycles. The number of carbonyl (C=O) groups is 1. The predicted molar refractivity (Wildman–Crippen MR) is 80.9 cm³/mol. The Morgan fingerprint density at radius 1 is 1.35 bits per heavy atom. The topological polar surface area (TPSA) is 59.9 Å². The number of hydrogen-bond donors (Lipinski definition) is 1. The first-order chi connectivity index (χ1) is 9.69. The molecule has 0 spiro atoms. The van der Waals surface area contributed by atoms with E-state index in [1.165, 1.54) is 11.8 Å². The molecule has 1 aromatic rings. The Hall–Kier alpha value is -1.69. The second kappa shape index (κ2) is 6.65. The number of hydrazone groups is 1. The first-order valence-electron chi connectivity index (χ1n) is 6.55. The third-order valence-corrected chi connectivity index (χ3v) is 4.10. The van der Waals surface area contributed by atoms with Gasteiger partial charge in [0.05, 0.1) is 24.7 Å². The van der Waals surface area contributed by atoms with Gasteiger partial charge in [0.15, 0.2) is 11.5 Å². The number of hydrogen-bond acceptors (Lipinski definition) is 5. The van der Waals surface area contributed by atoms with Crippen LogP contribution in [-0.4, -0.2) is 29.9 Å². The van der Waals surface area contributed by atoms with Crippen molar-refractivity contribution in [2.75, 3.05) is 13.7 Å². The Morgan fingerprint density at radius 2 is 2.15 bits per heavy atom. The largest absolute Gasteiger partial charge is 0.493 e. The van der Waals surface area contributed by atoms with Gasteiger partial charge in [-0.2, -0.15) is 5.10 Å². The van der Waals surface area contributed by atoms with Crippen LogP contribution >= 0.6 is 11.8 Å². The van der Waals surface area contributed by atoms with Crippen LogP contribution in [0.25, 0.3) is 0 Å². The van der Waals surface area contributed by atoms with E-state index in [1.807, 2.05) is 32.0 Å².